The quantitative estimate of drug-likeness (QED) is 0.735. The molecule has 0 aliphatic carbocycles. The van der Waals surface area contributed by atoms with Crippen molar-refractivity contribution in [3.8, 4) is 11.8 Å². The smallest absolute Gasteiger partial charge is 0.124 e. The van der Waals surface area contributed by atoms with Gasteiger partial charge in [0.25, 0.3) is 0 Å². The van der Waals surface area contributed by atoms with Crippen molar-refractivity contribution in [1.82, 2.24) is 0 Å². The lowest BCUT2D eigenvalue weighted by Crippen LogP contribution is -2.32. The summed E-state index contributed by atoms with van der Waals surface area (Å²) in [5.74, 6) is 0.851. The highest BCUT2D eigenvalue weighted by Crippen LogP contribution is 2.40. The van der Waals surface area contributed by atoms with Gasteiger partial charge in [-0.25, -0.2) is 0 Å². The van der Waals surface area contributed by atoms with Crippen LogP contribution >= 0.6 is 0 Å². The molecule has 0 fully saturated rings. The molecule has 1 atom stereocenters. The number of hydrogen-bond acceptors (Lipinski definition) is 3. The lowest BCUT2D eigenvalue weighted by atomic mass is 9.75. The highest BCUT2D eigenvalue weighted by molar-refractivity contribution is 5.45. The molecule has 3 heteroatoms. The van der Waals surface area contributed by atoms with Gasteiger partial charge in [-0.15, -0.1) is 0 Å². The normalized spacial score (nSPS) is 21.3. The summed E-state index contributed by atoms with van der Waals surface area (Å²) in [6, 6.07) is 10.4. The summed E-state index contributed by atoms with van der Waals surface area (Å²) in [6.07, 6.45) is 3.71. The van der Waals surface area contributed by atoms with Crippen molar-refractivity contribution in [1.29, 1.82) is 5.26 Å². The van der Waals surface area contributed by atoms with Gasteiger partial charge in [0, 0.05) is 25.2 Å². The highest BCUT2D eigenvalue weighted by atomic mass is 16.5. The van der Waals surface area contributed by atoms with Gasteiger partial charge in [-0.3, -0.25) is 0 Å². The SMILES string of the molecule is CCCCOCCC1(C#N)CCOc2ccccc21. The lowest BCUT2D eigenvalue weighted by molar-refractivity contribution is 0.109. The summed E-state index contributed by atoms with van der Waals surface area (Å²) in [5, 5.41) is 9.63. The number of para-hydroxylation sites is 1. The van der Waals surface area contributed by atoms with Gasteiger partial charge in [0.05, 0.1) is 18.1 Å². The van der Waals surface area contributed by atoms with E-state index in [2.05, 4.69) is 13.0 Å². The first kappa shape index (κ1) is 13.9. The summed E-state index contributed by atoms with van der Waals surface area (Å²) in [7, 11) is 0. The predicted molar refractivity (Wildman–Crippen MR) is 74.2 cm³/mol. The molecule has 1 aliphatic heterocycles. The molecule has 1 unspecified atom stereocenters. The second-order valence-corrected chi connectivity index (χ2v) is 5.00. The largest absolute Gasteiger partial charge is 0.493 e. The van der Waals surface area contributed by atoms with Crippen molar-refractivity contribution >= 4 is 0 Å². The maximum atomic E-state index is 9.63. The molecule has 1 aromatic rings. The van der Waals surface area contributed by atoms with E-state index in [1.807, 2.05) is 24.3 Å². The standard InChI is InChI=1S/C16H21NO2/c1-2-3-10-18-11-8-16(13-17)9-12-19-15-7-5-4-6-14(15)16/h4-7H,2-3,8-12H2,1H3. The van der Waals surface area contributed by atoms with Crippen molar-refractivity contribution in [3.05, 3.63) is 29.8 Å². The molecule has 0 saturated carbocycles. The summed E-state index contributed by atoms with van der Waals surface area (Å²) < 4.78 is 11.3. The Balaban J connectivity index is 2.05. The molecule has 0 bridgehead atoms. The Bertz CT molecular complexity index is 452. The zero-order valence-corrected chi connectivity index (χ0v) is 11.5. The van der Waals surface area contributed by atoms with Crippen LogP contribution in [0.5, 0.6) is 5.75 Å². The van der Waals surface area contributed by atoms with E-state index in [0.29, 0.717) is 13.2 Å². The first-order chi connectivity index (χ1) is 9.32. The Morgan fingerprint density at radius 1 is 1.37 bits per heavy atom. The van der Waals surface area contributed by atoms with Gasteiger partial charge in [-0.1, -0.05) is 31.5 Å². The maximum absolute atomic E-state index is 9.63. The fraction of sp³-hybridized carbons (Fsp3) is 0.562. The molecule has 0 radical (unpaired) electrons. The van der Waals surface area contributed by atoms with Crippen molar-refractivity contribution < 1.29 is 9.47 Å². The lowest BCUT2D eigenvalue weighted by Gasteiger charge is -2.33. The molecule has 3 nitrogen and oxygen atoms in total. The van der Waals surface area contributed by atoms with Crippen molar-refractivity contribution in [2.75, 3.05) is 19.8 Å². The maximum Gasteiger partial charge on any atom is 0.124 e. The number of unbranched alkanes of at least 4 members (excludes halogenated alkanes) is 1. The summed E-state index contributed by atoms with van der Waals surface area (Å²) >= 11 is 0. The van der Waals surface area contributed by atoms with Gasteiger partial charge >= 0.3 is 0 Å². The van der Waals surface area contributed by atoms with Crippen LogP contribution < -0.4 is 4.74 Å². The van der Waals surface area contributed by atoms with Crippen LogP contribution in [0, 0.1) is 11.3 Å². The zero-order valence-electron chi connectivity index (χ0n) is 11.5. The van der Waals surface area contributed by atoms with Gasteiger partial charge in [-0.05, 0) is 18.9 Å². The predicted octanol–water partition coefficient (Wildman–Crippen LogP) is 3.44. The summed E-state index contributed by atoms with van der Waals surface area (Å²) in [5.41, 5.74) is 0.573. The number of ether oxygens (including phenoxy) is 2. The molecule has 0 amide bonds. The van der Waals surface area contributed by atoms with Crippen LogP contribution in [0.15, 0.2) is 24.3 Å². The molecule has 102 valence electrons. The van der Waals surface area contributed by atoms with Crippen LogP contribution in [0.1, 0.15) is 38.2 Å². The Labute approximate surface area is 115 Å². The third-order valence-corrected chi connectivity index (χ3v) is 3.72. The fourth-order valence-corrected chi connectivity index (χ4v) is 2.48. The Kier molecular flexibility index (Phi) is 4.81. The van der Waals surface area contributed by atoms with Crippen LogP contribution in [0.3, 0.4) is 0 Å². The van der Waals surface area contributed by atoms with E-state index in [-0.39, 0.29) is 0 Å². The number of nitriles is 1. The minimum absolute atomic E-state index is 0.443. The minimum atomic E-state index is -0.443. The van der Waals surface area contributed by atoms with Gasteiger partial charge in [0.15, 0.2) is 0 Å². The van der Waals surface area contributed by atoms with Gasteiger partial charge in [0.1, 0.15) is 5.75 Å². The van der Waals surface area contributed by atoms with Crippen molar-refractivity contribution in [2.45, 2.75) is 38.0 Å². The van der Waals surface area contributed by atoms with E-state index in [1.54, 1.807) is 0 Å². The summed E-state index contributed by atoms with van der Waals surface area (Å²) in [6.45, 7) is 4.19. The molecule has 2 rings (SSSR count). The summed E-state index contributed by atoms with van der Waals surface area (Å²) in [4.78, 5) is 0. The van der Waals surface area contributed by atoms with Crippen LogP contribution in [0.4, 0.5) is 0 Å². The molecule has 1 heterocycles. The van der Waals surface area contributed by atoms with E-state index in [0.717, 1.165) is 43.6 Å². The minimum Gasteiger partial charge on any atom is -0.493 e. The van der Waals surface area contributed by atoms with Crippen molar-refractivity contribution in [2.24, 2.45) is 0 Å². The number of rotatable bonds is 6. The van der Waals surface area contributed by atoms with Gasteiger partial charge in [-0.2, -0.15) is 5.26 Å². The average Bonchev–Trinajstić information content (AvgIpc) is 2.47. The average molecular weight is 259 g/mol. The monoisotopic (exact) mass is 259 g/mol. The van der Waals surface area contributed by atoms with Gasteiger partial charge < -0.3 is 9.47 Å². The van der Waals surface area contributed by atoms with Crippen LogP contribution in [-0.2, 0) is 10.2 Å². The number of fused-ring (bicyclic) bond motifs is 1. The second-order valence-electron chi connectivity index (χ2n) is 5.00. The topological polar surface area (TPSA) is 42.2 Å². The molecule has 0 saturated heterocycles. The first-order valence-corrected chi connectivity index (χ1v) is 7.04. The Morgan fingerprint density at radius 3 is 3.00 bits per heavy atom. The van der Waals surface area contributed by atoms with Gasteiger partial charge in [0.2, 0.25) is 0 Å². The van der Waals surface area contributed by atoms with E-state index in [1.165, 1.54) is 0 Å². The Hall–Kier alpha value is -1.53. The third-order valence-electron chi connectivity index (χ3n) is 3.72. The molecular weight excluding hydrogens is 238 g/mol. The molecule has 1 aromatic carbocycles. The molecule has 0 N–H and O–H groups in total. The van der Waals surface area contributed by atoms with Crippen LogP contribution in [-0.4, -0.2) is 19.8 Å². The van der Waals surface area contributed by atoms with E-state index < -0.39 is 5.41 Å². The number of hydrogen-bond donors (Lipinski definition) is 0. The molecule has 0 aromatic heterocycles. The molecular formula is C16H21NO2. The fourth-order valence-electron chi connectivity index (χ4n) is 2.48. The zero-order chi connectivity index (χ0) is 13.6. The van der Waals surface area contributed by atoms with E-state index in [9.17, 15) is 5.26 Å². The van der Waals surface area contributed by atoms with Crippen molar-refractivity contribution in [3.63, 3.8) is 0 Å². The molecule has 0 spiro atoms. The highest BCUT2D eigenvalue weighted by Gasteiger charge is 2.37. The number of benzene rings is 1. The number of nitrogens with zero attached hydrogens (tertiary/aromatic N) is 1. The van der Waals surface area contributed by atoms with Crippen LogP contribution in [0.25, 0.3) is 0 Å². The van der Waals surface area contributed by atoms with E-state index >= 15 is 0 Å². The van der Waals surface area contributed by atoms with E-state index in [4.69, 9.17) is 9.47 Å². The Morgan fingerprint density at radius 2 is 2.21 bits per heavy atom. The molecule has 1 aliphatic rings. The van der Waals surface area contributed by atoms with Crippen LogP contribution in [0.2, 0.25) is 0 Å². The first-order valence-electron chi connectivity index (χ1n) is 7.04. The second kappa shape index (κ2) is 6.58. The molecule has 19 heavy (non-hydrogen) atoms. The third kappa shape index (κ3) is 3.08.